The Balaban J connectivity index is 1.69. The highest BCUT2D eigenvalue weighted by molar-refractivity contribution is 7.89. The van der Waals surface area contributed by atoms with Gasteiger partial charge in [-0.1, -0.05) is 11.6 Å². The molecule has 1 amide bonds. The second-order valence-corrected chi connectivity index (χ2v) is 8.94. The predicted molar refractivity (Wildman–Crippen MR) is 111 cm³/mol. The molecular formula is C20H23ClN2O5S. The lowest BCUT2D eigenvalue weighted by molar-refractivity contribution is 0.102. The average molecular weight is 439 g/mol. The van der Waals surface area contributed by atoms with E-state index in [4.69, 9.17) is 21.1 Å². The van der Waals surface area contributed by atoms with Gasteiger partial charge in [0, 0.05) is 29.8 Å². The van der Waals surface area contributed by atoms with Crippen molar-refractivity contribution in [3.05, 3.63) is 52.5 Å². The van der Waals surface area contributed by atoms with Crippen molar-refractivity contribution in [3.63, 3.8) is 0 Å². The van der Waals surface area contributed by atoms with Gasteiger partial charge < -0.3 is 14.8 Å². The number of rotatable bonds is 7. The number of carbonyl (C=O) groups is 1. The van der Waals surface area contributed by atoms with Crippen LogP contribution in [0.25, 0.3) is 0 Å². The number of hydrogen-bond acceptors (Lipinski definition) is 5. The molecule has 0 aliphatic carbocycles. The van der Waals surface area contributed by atoms with Crippen molar-refractivity contribution >= 4 is 33.2 Å². The molecule has 0 radical (unpaired) electrons. The third kappa shape index (κ3) is 5.27. The van der Waals surface area contributed by atoms with Crippen molar-refractivity contribution in [2.75, 3.05) is 25.6 Å². The summed E-state index contributed by atoms with van der Waals surface area (Å²) in [6.07, 6.45) is 1.69. The number of ether oxygens (including phenoxy) is 2. The van der Waals surface area contributed by atoms with Gasteiger partial charge in [-0.25, -0.2) is 13.1 Å². The molecule has 0 saturated carbocycles. The number of anilines is 1. The van der Waals surface area contributed by atoms with Crippen LogP contribution in [0.2, 0.25) is 5.02 Å². The minimum atomic E-state index is -3.67. The first-order valence-corrected chi connectivity index (χ1v) is 11.0. The Morgan fingerprint density at radius 2 is 2.00 bits per heavy atom. The number of nitrogens with one attached hydrogen (secondary N) is 2. The first kappa shape index (κ1) is 21.6. The van der Waals surface area contributed by atoms with Crippen LogP contribution in [0, 0.1) is 6.92 Å². The summed E-state index contributed by atoms with van der Waals surface area (Å²) < 4.78 is 38.1. The third-order valence-corrected chi connectivity index (χ3v) is 6.53. The van der Waals surface area contributed by atoms with Crippen molar-refractivity contribution in [3.8, 4) is 5.75 Å². The van der Waals surface area contributed by atoms with Crippen molar-refractivity contribution in [1.82, 2.24) is 4.72 Å². The number of hydrogen-bond donors (Lipinski definition) is 2. The van der Waals surface area contributed by atoms with Crippen LogP contribution in [-0.4, -0.2) is 40.7 Å². The molecule has 1 atom stereocenters. The highest BCUT2D eigenvalue weighted by Gasteiger charge is 2.20. The van der Waals surface area contributed by atoms with Crippen LogP contribution in [-0.2, 0) is 14.8 Å². The quantitative estimate of drug-likeness (QED) is 0.691. The fourth-order valence-electron chi connectivity index (χ4n) is 3.00. The molecule has 0 unspecified atom stereocenters. The molecule has 2 aromatic carbocycles. The van der Waals surface area contributed by atoms with Gasteiger partial charge in [-0.05, 0) is 55.7 Å². The number of methoxy groups -OCH3 is 1. The third-order valence-electron chi connectivity index (χ3n) is 4.68. The Morgan fingerprint density at radius 1 is 1.28 bits per heavy atom. The molecule has 0 bridgehead atoms. The zero-order valence-electron chi connectivity index (χ0n) is 16.2. The Kier molecular flexibility index (Phi) is 6.79. The Bertz CT molecular complexity index is 987. The lowest BCUT2D eigenvalue weighted by atomic mass is 10.1. The van der Waals surface area contributed by atoms with E-state index in [1.165, 1.54) is 31.4 Å². The molecule has 1 aliphatic rings. The SMILES string of the molecule is COc1cc(Cl)c(C)cc1NC(=O)c1ccc(S(=O)(=O)NC[C@H]2CCCO2)cc1. The van der Waals surface area contributed by atoms with E-state index < -0.39 is 10.0 Å². The summed E-state index contributed by atoms with van der Waals surface area (Å²) in [5.74, 6) is 0.0489. The molecule has 29 heavy (non-hydrogen) atoms. The zero-order chi connectivity index (χ0) is 21.0. The summed E-state index contributed by atoms with van der Waals surface area (Å²) in [7, 11) is -2.18. The van der Waals surface area contributed by atoms with Crippen molar-refractivity contribution in [2.45, 2.75) is 30.8 Å². The number of aryl methyl sites for hydroxylation is 1. The molecule has 0 aromatic heterocycles. The minimum Gasteiger partial charge on any atom is -0.495 e. The number of amides is 1. The van der Waals surface area contributed by atoms with Gasteiger partial charge in [0.05, 0.1) is 23.8 Å². The van der Waals surface area contributed by atoms with Gasteiger partial charge in [0.15, 0.2) is 0 Å². The fraction of sp³-hybridized carbons (Fsp3) is 0.350. The normalized spacial score (nSPS) is 16.6. The fourth-order valence-corrected chi connectivity index (χ4v) is 4.22. The molecular weight excluding hydrogens is 416 g/mol. The maximum atomic E-state index is 12.6. The molecule has 3 rings (SSSR count). The molecule has 1 aliphatic heterocycles. The predicted octanol–water partition coefficient (Wildman–Crippen LogP) is 3.37. The van der Waals surface area contributed by atoms with Crippen LogP contribution in [0.15, 0.2) is 41.3 Å². The highest BCUT2D eigenvalue weighted by Crippen LogP contribution is 2.31. The summed E-state index contributed by atoms with van der Waals surface area (Å²) in [4.78, 5) is 12.6. The largest absolute Gasteiger partial charge is 0.495 e. The van der Waals surface area contributed by atoms with Crippen molar-refractivity contribution < 1.29 is 22.7 Å². The summed E-state index contributed by atoms with van der Waals surface area (Å²) in [5.41, 5.74) is 1.59. The number of benzene rings is 2. The van der Waals surface area contributed by atoms with E-state index in [-0.39, 0.29) is 23.5 Å². The van der Waals surface area contributed by atoms with Crippen LogP contribution in [0.4, 0.5) is 5.69 Å². The lowest BCUT2D eigenvalue weighted by Crippen LogP contribution is -2.31. The first-order chi connectivity index (χ1) is 13.8. The summed E-state index contributed by atoms with van der Waals surface area (Å²) in [6.45, 7) is 2.72. The molecule has 2 N–H and O–H groups in total. The average Bonchev–Trinajstić information content (AvgIpc) is 3.23. The summed E-state index contributed by atoms with van der Waals surface area (Å²) in [6, 6.07) is 9.07. The van der Waals surface area contributed by atoms with E-state index >= 15 is 0 Å². The summed E-state index contributed by atoms with van der Waals surface area (Å²) in [5, 5.41) is 3.29. The molecule has 1 fully saturated rings. The van der Waals surface area contributed by atoms with Crippen LogP contribution in [0.1, 0.15) is 28.8 Å². The molecule has 2 aromatic rings. The van der Waals surface area contributed by atoms with Crippen LogP contribution in [0.5, 0.6) is 5.75 Å². The molecule has 1 saturated heterocycles. The van der Waals surface area contributed by atoms with Crippen molar-refractivity contribution in [1.29, 1.82) is 0 Å². The number of halogens is 1. The van der Waals surface area contributed by atoms with E-state index in [9.17, 15) is 13.2 Å². The first-order valence-electron chi connectivity index (χ1n) is 9.17. The standard InChI is InChI=1S/C20H23ClN2O5S/c1-13-10-18(19(27-2)11-17(13)21)23-20(24)14-5-7-16(8-6-14)29(25,26)22-12-15-4-3-9-28-15/h5-8,10-11,15,22H,3-4,9,12H2,1-2H3,(H,23,24)/t15-/m1/s1. The Hall–Kier alpha value is -2.13. The smallest absolute Gasteiger partial charge is 0.255 e. The summed E-state index contributed by atoms with van der Waals surface area (Å²) >= 11 is 6.08. The lowest BCUT2D eigenvalue weighted by Gasteiger charge is -2.13. The molecule has 1 heterocycles. The van der Waals surface area contributed by atoms with Crippen molar-refractivity contribution in [2.24, 2.45) is 0 Å². The second-order valence-electron chi connectivity index (χ2n) is 6.77. The van der Waals surface area contributed by atoms with E-state index in [0.29, 0.717) is 28.6 Å². The van der Waals surface area contributed by atoms with E-state index in [1.54, 1.807) is 12.1 Å². The topological polar surface area (TPSA) is 93.7 Å². The molecule has 9 heteroatoms. The van der Waals surface area contributed by atoms with Gasteiger partial charge in [0.25, 0.3) is 5.91 Å². The monoisotopic (exact) mass is 438 g/mol. The van der Waals surface area contributed by atoms with Gasteiger partial charge in [-0.2, -0.15) is 0 Å². The van der Waals surface area contributed by atoms with Gasteiger partial charge in [0.1, 0.15) is 5.75 Å². The van der Waals surface area contributed by atoms with Crippen LogP contribution < -0.4 is 14.8 Å². The minimum absolute atomic E-state index is 0.0898. The van der Waals surface area contributed by atoms with E-state index in [0.717, 1.165) is 18.4 Å². The molecule has 7 nitrogen and oxygen atoms in total. The molecule has 0 spiro atoms. The van der Waals surface area contributed by atoms with Crippen LogP contribution >= 0.6 is 11.6 Å². The number of sulfonamides is 1. The van der Waals surface area contributed by atoms with Gasteiger partial charge in [0.2, 0.25) is 10.0 Å². The maximum Gasteiger partial charge on any atom is 0.255 e. The van der Waals surface area contributed by atoms with Gasteiger partial charge >= 0.3 is 0 Å². The highest BCUT2D eigenvalue weighted by atomic mass is 35.5. The second kappa shape index (κ2) is 9.13. The molecule has 156 valence electrons. The zero-order valence-corrected chi connectivity index (χ0v) is 17.8. The van der Waals surface area contributed by atoms with Gasteiger partial charge in [-0.15, -0.1) is 0 Å². The van der Waals surface area contributed by atoms with Gasteiger partial charge in [-0.3, -0.25) is 4.79 Å². The Morgan fingerprint density at radius 3 is 2.62 bits per heavy atom. The van der Waals surface area contributed by atoms with Crippen LogP contribution in [0.3, 0.4) is 0 Å². The number of carbonyl (C=O) groups excluding carboxylic acids is 1. The van der Waals surface area contributed by atoms with E-state index in [2.05, 4.69) is 10.0 Å². The maximum absolute atomic E-state index is 12.6. The Labute approximate surface area is 175 Å². The van der Waals surface area contributed by atoms with E-state index in [1.807, 2.05) is 6.92 Å².